The number of nitrogens with one attached hydrogen (secondary N) is 2. The van der Waals surface area contributed by atoms with Crippen LogP contribution in [-0.2, 0) is 10.5 Å². The summed E-state index contributed by atoms with van der Waals surface area (Å²) in [6, 6.07) is 14.4. The van der Waals surface area contributed by atoms with Crippen LogP contribution in [0.5, 0.6) is 0 Å². The van der Waals surface area contributed by atoms with Crippen molar-refractivity contribution in [1.82, 2.24) is 10.6 Å². The Morgan fingerprint density at radius 3 is 2.55 bits per heavy atom. The Morgan fingerprint density at radius 1 is 1.03 bits per heavy atom. The second kappa shape index (κ2) is 10.4. The summed E-state index contributed by atoms with van der Waals surface area (Å²) in [5, 5.41) is 5.54. The zero-order valence-electron chi connectivity index (χ0n) is 16.0. The van der Waals surface area contributed by atoms with Gasteiger partial charge in [0.2, 0.25) is 0 Å². The standard InChI is InChI=1S/C22H22N2O4S/c1-16-6-2-3-9-19(16)21(25)24-20(14-17-7-4-11-27-17)22(26)23-10-13-29-15-18-8-5-12-28-18/h2-9,11-12,14H,10,13,15H2,1H3,(H,23,26)(H,24,25)/b20-14-. The van der Waals surface area contributed by atoms with E-state index in [1.54, 1.807) is 42.3 Å². The second-order valence-electron chi connectivity index (χ2n) is 6.23. The maximum absolute atomic E-state index is 12.6. The molecule has 0 spiro atoms. The molecule has 2 aromatic heterocycles. The van der Waals surface area contributed by atoms with Gasteiger partial charge in [0.25, 0.3) is 11.8 Å². The van der Waals surface area contributed by atoms with Gasteiger partial charge in [-0.15, -0.1) is 0 Å². The normalized spacial score (nSPS) is 11.3. The lowest BCUT2D eigenvalue weighted by molar-refractivity contribution is -0.117. The third-order valence-corrected chi connectivity index (χ3v) is 5.05. The van der Waals surface area contributed by atoms with E-state index in [1.165, 1.54) is 12.3 Å². The number of carbonyl (C=O) groups is 2. The van der Waals surface area contributed by atoms with Crippen LogP contribution in [-0.4, -0.2) is 24.1 Å². The number of carbonyl (C=O) groups excluding carboxylic acids is 2. The van der Waals surface area contributed by atoms with Crippen LogP contribution in [0, 0.1) is 6.92 Å². The van der Waals surface area contributed by atoms with Gasteiger partial charge in [-0.25, -0.2) is 0 Å². The summed E-state index contributed by atoms with van der Waals surface area (Å²) in [6.45, 7) is 2.31. The molecule has 29 heavy (non-hydrogen) atoms. The van der Waals surface area contributed by atoms with E-state index in [-0.39, 0.29) is 17.5 Å². The summed E-state index contributed by atoms with van der Waals surface area (Å²) >= 11 is 1.65. The number of thioether (sulfide) groups is 1. The first kappa shape index (κ1) is 20.5. The van der Waals surface area contributed by atoms with Gasteiger partial charge in [0.1, 0.15) is 17.2 Å². The fourth-order valence-electron chi connectivity index (χ4n) is 2.59. The molecule has 0 aliphatic heterocycles. The molecule has 3 rings (SSSR count). The van der Waals surface area contributed by atoms with Crippen molar-refractivity contribution in [1.29, 1.82) is 0 Å². The van der Waals surface area contributed by atoms with Crippen molar-refractivity contribution in [3.8, 4) is 0 Å². The van der Waals surface area contributed by atoms with Crippen molar-refractivity contribution in [2.75, 3.05) is 12.3 Å². The molecule has 6 nitrogen and oxygen atoms in total. The average Bonchev–Trinajstić information content (AvgIpc) is 3.41. The maximum Gasteiger partial charge on any atom is 0.267 e. The minimum absolute atomic E-state index is 0.129. The smallest absolute Gasteiger partial charge is 0.267 e. The van der Waals surface area contributed by atoms with Crippen LogP contribution in [0.4, 0.5) is 0 Å². The molecule has 2 N–H and O–H groups in total. The Hall–Kier alpha value is -3.19. The topological polar surface area (TPSA) is 84.5 Å². The van der Waals surface area contributed by atoms with Crippen molar-refractivity contribution < 1.29 is 18.4 Å². The van der Waals surface area contributed by atoms with Gasteiger partial charge in [-0.1, -0.05) is 18.2 Å². The summed E-state index contributed by atoms with van der Waals surface area (Å²) in [7, 11) is 0. The lowest BCUT2D eigenvalue weighted by atomic mass is 10.1. The third-order valence-electron chi connectivity index (χ3n) is 4.07. The number of hydrogen-bond donors (Lipinski definition) is 2. The van der Waals surface area contributed by atoms with Crippen LogP contribution in [0.2, 0.25) is 0 Å². The third kappa shape index (κ3) is 6.15. The highest BCUT2D eigenvalue weighted by atomic mass is 32.2. The van der Waals surface area contributed by atoms with Crippen molar-refractivity contribution >= 4 is 29.7 Å². The van der Waals surface area contributed by atoms with Gasteiger partial charge in [0.15, 0.2) is 0 Å². The Morgan fingerprint density at radius 2 is 1.83 bits per heavy atom. The summed E-state index contributed by atoms with van der Waals surface area (Å²) in [5.74, 6) is 2.11. The molecule has 1 aromatic carbocycles. The van der Waals surface area contributed by atoms with Gasteiger partial charge >= 0.3 is 0 Å². The fraction of sp³-hybridized carbons (Fsp3) is 0.182. The molecule has 7 heteroatoms. The van der Waals surface area contributed by atoms with Crippen LogP contribution in [0.3, 0.4) is 0 Å². The van der Waals surface area contributed by atoms with Crippen LogP contribution >= 0.6 is 11.8 Å². The molecule has 0 saturated carbocycles. The van der Waals surface area contributed by atoms with Gasteiger partial charge in [0.05, 0.1) is 18.3 Å². The van der Waals surface area contributed by atoms with E-state index >= 15 is 0 Å². The van der Waals surface area contributed by atoms with Gasteiger partial charge in [-0.3, -0.25) is 9.59 Å². The number of benzene rings is 1. The Balaban J connectivity index is 1.60. The summed E-state index contributed by atoms with van der Waals surface area (Å²) < 4.78 is 10.6. The minimum atomic E-state index is -0.373. The average molecular weight is 410 g/mol. The summed E-state index contributed by atoms with van der Waals surface area (Å²) in [5.41, 5.74) is 1.47. The lowest BCUT2D eigenvalue weighted by Crippen LogP contribution is -2.36. The first-order valence-corrected chi connectivity index (χ1v) is 10.3. The summed E-state index contributed by atoms with van der Waals surface area (Å²) in [6.07, 6.45) is 4.66. The van der Waals surface area contributed by atoms with Crippen molar-refractivity contribution in [2.45, 2.75) is 12.7 Å². The molecule has 0 radical (unpaired) electrons. The molecule has 0 atom stereocenters. The van der Waals surface area contributed by atoms with Crippen LogP contribution in [0.15, 0.2) is 75.6 Å². The second-order valence-corrected chi connectivity index (χ2v) is 7.34. The Bertz CT molecular complexity index is 963. The Kier molecular flexibility index (Phi) is 7.35. The predicted molar refractivity (Wildman–Crippen MR) is 113 cm³/mol. The van der Waals surface area contributed by atoms with Crippen LogP contribution < -0.4 is 10.6 Å². The molecule has 2 heterocycles. The quantitative estimate of drug-likeness (QED) is 0.411. The molecule has 0 aliphatic carbocycles. The highest BCUT2D eigenvalue weighted by Gasteiger charge is 2.16. The van der Waals surface area contributed by atoms with Gasteiger partial charge in [-0.05, 0) is 42.8 Å². The molecule has 0 unspecified atom stereocenters. The van der Waals surface area contributed by atoms with Crippen molar-refractivity contribution in [3.05, 3.63) is 89.4 Å². The van der Waals surface area contributed by atoms with E-state index in [1.807, 2.05) is 31.2 Å². The molecule has 0 aliphatic rings. The molecular formula is C22H22N2O4S. The zero-order chi connectivity index (χ0) is 20.5. The number of amides is 2. The van der Waals surface area contributed by atoms with Gasteiger partial charge in [0, 0.05) is 23.9 Å². The fourth-order valence-corrected chi connectivity index (χ4v) is 3.35. The monoisotopic (exact) mass is 410 g/mol. The van der Waals surface area contributed by atoms with Crippen LogP contribution in [0.1, 0.15) is 27.4 Å². The van der Waals surface area contributed by atoms with Crippen molar-refractivity contribution in [3.63, 3.8) is 0 Å². The number of hydrogen-bond acceptors (Lipinski definition) is 5. The van der Waals surface area contributed by atoms with E-state index in [2.05, 4.69) is 10.6 Å². The molecule has 150 valence electrons. The molecule has 2 amide bonds. The first-order chi connectivity index (χ1) is 14.1. The maximum atomic E-state index is 12.6. The molecular weight excluding hydrogens is 388 g/mol. The number of furan rings is 2. The van der Waals surface area contributed by atoms with Gasteiger partial charge < -0.3 is 19.5 Å². The van der Waals surface area contributed by atoms with Gasteiger partial charge in [-0.2, -0.15) is 11.8 Å². The largest absolute Gasteiger partial charge is 0.468 e. The van der Waals surface area contributed by atoms with Crippen LogP contribution in [0.25, 0.3) is 6.08 Å². The summed E-state index contributed by atoms with van der Waals surface area (Å²) in [4.78, 5) is 25.3. The molecule has 0 fully saturated rings. The predicted octanol–water partition coefficient (Wildman–Crippen LogP) is 4.00. The lowest BCUT2D eigenvalue weighted by Gasteiger charge is -2.11. The van der Waals surface area contributed by atoms with E-state index in [9.17, 15) is 9.59 Å². The number of rotatable bonds is 9. The van der Waals surface area contributed by atoms with E-state index < -0.39 is 0 Å². The highest BCUT2D eigenvalue weighted by Crippen LogP contribution is 2.12. The van der Waals surface area contributed by atoms with Crippen molar-refractivity contribution in [2.24, 2.45) is 0 Å². The zero-order valence-corrected chi connectivity index (χ0v) is 16.8. The highest BCUT2D eigenvalue weighted by molar-refractivity contribution is 7.98. The van der Waals surface area contributed by atoms with E-state index in [4.69, 9.17) is 8.83 Å². The van der Waals surface area contributed by atoms with E-state index in [0.717, 1.165) is 17.1 Å². The molecule has 0 saturated heterocycles. The molecule has 3 aromatic rings. The minimum Gasteiger partial charge on any atom is -0.468 e. The van der Waals surface area contributed by atoms with E-state index in [0.29, 0.717) is 23.6 Å². The SMILES string of the molecule is Cc1ccccc1C(=O)N/C(=C\c1ccco1)C(=O)NCCSCc1ccco1. The molecule has 0 bridgehead atoms. The Labute approximate surface area is 173 Å². The number of aryl methyl sites for hydroxylation is 1. The first-order valence-electron chi connectivity index (χ1n) is 9.14.